The van der Waals surface area contributed by atoms with Crippen molar-refractivity contribution in [3.05, 3.63) is 297 Å². The number of benzene rings is 11. The van der Waals surface area contributed by atoms with Gasteiger partial charge in [-0.1, -0.05) is 146 Å². The number of anilines is 12. The normalized spacial score (nSPS) is 10.8. The lowest BCUT2D eigenvalue weighted by Gasteiger charge is -2.31. The van der Waals surface area contributed by atoms with Gasteiger partial charge in [-0.05, 0) is 128 Å². The molecule has 0 N–H and O–H groups in total. The first-order valence-corrected chi connectivity index (χ1v) is 25.0. The topological polar surface area (TPSA) is 40.7 Å². The minimum absolute atomic E-state index is 0.600. The maximum absolute atomic E-state index is 7.03. The van der Waals surface area contributed by atoms with E-state index in [1.54, 1.807) is 7.11 Å². The number of aryl methyl sites for hydroxylation is 1. The van der Waals surface area contributed by atoms with Gasteiger partial charge in [0.1, 0.15) is 28.7 Å². The highest BCUT2D eigenvalue weighted by Crippen LogP contribution is 2.47. The molecule has 0 amide bonds. The van der Waals surface area contributed by atoms with Crippen molar-refractivity contribution < 1.29 is 14.2 Å². The second-order valence-electron chi connectivity index (χ2n) is 17.9. The van der Waals surface area contributed by atoms with E-state index >= 15 is 0 Å². The van der Waals surface area contributed by atoms with E-state index in [-0.39, 0.29) is 0 Å². The second kappa shape index (κ2) is 22.2. The van der Waals surface area contributed by atoms with Crippen LogP contribution in [0.3, 0.4) is 0 Å². The van der Waals surface area contributed by atoms with Gasteiger partial charge in [-0.2, -0.15) is 0 Å². The van der Waals surface area contributed by atoms with Crippen molar-refractivity contribution in [3.8, 4) is 28.7 Å². The third-order valence-electron chi connectivity index (χ3n) is 12.8. The molecule has 0 fully saturated rings. The quantitative estimate of drug-likeness (QED) is 0.0900. The molecule has 0 spiro atoms. The molecule has 7 heteroatoms. The van der Waals surface area contributed by atoms with Crippen molar-refractivity contribution in [2.45, 2.75) is 6.92 Å². The zero-order chi connectivity index (χ0) is 50.8. The molecule has 0 saturated heterocycles. The van der Waals surface area contributed by atoms with Crippen LogP contribution in [0.2, 0.25) is 0 Å². The van der Waals surface area contributed by atoms with Crippen LogP contribution in [-0.4, -0.2) is 7.11 Å². The summed E-state index contributed by atoms with van der Waals surface area (Å²) in [6.45, 7) is 2.15. The molecular weight excluding hydrogens is 921 g/mol. The Bertz CT molecular complexity index is 3540. The molecule has 0 aliphatic heterocycles. The van der Waals surface area contributed by atoms with Gasteiger partial charge in [-0.15, -0.1) is 0 Å². The summed E-state index contributed by atoms with van der Waals surface area (Å²) < 4.78 is 20.1. The van der Waals surface area contributed by atoms with Gasteiger partial charge in [-0.3, -0.25) is 0 Å². The van der Waals surface area contributed by atoms with Gasteiger partial charge in [0.25, 0.3) is 0 Å². The first-order chi connectivity index (χ1) is 37.1. The number of hydrogen-bond acceptors (Lipinski definition) is 7. The number of hydrogen-bond donors (Lipinski definition) is 0. The van der Waals surface area contributed by atoms with E-state index < -0.39 is 0 Å². The minimum atomic E-state index is 0.600. The molecule has 0 heterocycles. The summed E-state index contributed by atoms with van der Waals surface area (Å²) in [4.78, 5) is 9.01. The molecule has 0 atom stereocenters. The summed E-state index contributed by atoms with van der Waals surface area (Å²) in [7, 11) is 1.71. The Morgan fingerprint density at radius 3 is 0.920 bits per heavy atom. The SMILES string of the molecule is COc1ccccc1N(c1ccccc1)c1cc(Oc2cccc(Oc3cc(N(c4ccccc4)c4ccccc4)cc(N(c4ccccc4)c4ccccc4C)c3)c2)cc(N(c2ccccc2)c2ccccc2)c1. The van der Waals surface area contributed by atoms with Gasteiger partial charge < -0.3 is 33.8 Å². The van der Waals surface area contributed by atoms with Crippen LogP contribution in [0.4, 0.5) is 68.2 Å². The summed E-state index contributed by atoms with van der Waals surface area (Å²) in [6, 6.07) is 99.7. The van der Waals surface area contributed by atoms with E-state index in [0.717, 1.165) is 79.6 Å². The molecule has 0 aliphatic rings. The van der Waals surface area contributed by atoms with Crippen LogP contribution < -0.4 is 33.8 Å². The molecule has 11 aromatic rings. The molecule has 0 radical (unpaired) electrons. The van der Waals surface area contributed by atoms with Crippen molar-refractivity contribution in [2.24, 2.45) is 0 Å². The van der Waals surface area contributed by atoms with Crippen molar-refractivity contribution in [1.82, 2.24) is 0 Å². The number of para-hydroxylation sites is 9. The van der Waals surface area contributed by atoms with Crippen LogP contribution in [0.1, 0.15) is 5.56 Å². The van der Waals surface area contributed by atoms with Crippen LogP contribution in [0.15, 0.2) is 291 Å². The highest BCUT2D eigenvalue weighted by Gasteiger charge is 2.23. The van der Waals surface area contributed by atoms with Gasteiger partial charge in [0.15, 0.2) is 0 Å². The Hall–Kier alpha value is -9.98. The van der Waals surface area contributed by atoms with Crippen LogP contribution in [0, 0.1) is 6.92 Å². The Balaban J connectivity index is 1.04. The summed E-state index contributed by atoms with van der Waals surface area (Å²) >= 11 is 0. The Morgan fingerprint density at radius 1 is 0.240 bits per heavy atom. The summed E-state index contributed by atoms with van der Waals surface area (Å²) in [5, 5.41) is 0. The molecular formula is C68H54N4O3. The molecule has 0 aromatic heterocycles. The Morgan fingerprint density at radius 2 is 0.547 bits per heavy atom. The molecule has 7 nitrogen and oxygen atoms in total. The smallest absolute Gasteiger partial charge is 0.142 e. The predicted octanol–water partition coefficient (Wildman–Crippen LogP) is 19.5. The fourth-order valence-electron chi connectivity index (χ4n) is 9.48. The molecule has 0 aliphatic carbocycles. The van der Waals surface area contributed by atoms with Crippen molar-refractivity contribution >= 4 is 68.2 Å². The molecule has 0 bridgehead atoms. The average molecular weight is 975 g/mol. The summed E-state index contributed by atoms with van der Waals surface area (Å²) in [5.41, 5.74) is 12.7. The summed E-state index contributed by atoms with van der Waals surface area (Å²) in [6.07, 6.45) is 0. The molecule has 364 valence electrons. The molecule has 0 unspecified atom stereocenters. The van der Waals surface area contributed by atoms with E-state index in [4.69, 9.17) is 14.2 Å². The van der Waals surface area contributed by atoms with Gasteiger partial charge in [0.2, 0.25) is 0 Å². The van der Waals surface area contributed by atoms with Crippen molar-refractivity contribution in [2.75, 3.05) is 26.7 Å². The largest absolute Gasteiger partial charge is 0.495 e. The first kappa shape index (κ1) is 47.4. The van der Waals surface area contributed by atoms with Gasteiger partial charge in [-0.25, -0.2) is 0 Å². The van der Waals surface area contributed by atoms with Crippen LogP contribution >= 0.6 is 0 Å². The molecule has 0 saturated carbocycles. The molecule has 75 heavy (non-hydrogen) atoms. The number of methoxy groups -OCH3 is 1. The van der Waals surface area contributed by atoms with E-state index in [9.17, 15) is 0 Å². The van der Waals surface area contributed by atoms with E-state index in [0.29, 0.717) is 23.0 Å². The fraction of sp³-hybridized carbons (Fsp3) is 0.0294. The standard InChI is InChI=1S/C68H54N4O3/c1-51-26-21-22-41-66(51)71(56-35-17-7-18-36-56)60-44-58(69(52-27-9-3-10-28-52)53-29-11-4-12-30-53)46-64(48-60)74-62-39-25-40-63(50-62)75-65-47-59(70(54-31-13-5-14-32-54)55-33-15-6-16-34-55)45-61(49-65)72(57-37-19-8-20-38-57)67-42-23-24-43-68(67)73-2/h3-50H,1-2H3. The molecule has 11 aromatic carbocycles. The number of rotatable bonds is 17. The lowest BCUT2D eigenvalue weighted by Crippen LogP contribution is -2.14. The number of nitrogens with zero attached hydrogens (tertiary/aromatic N) is 4. The maximum atomic E-state index is 7.03. The van der Waals surface area contributed by atoms with E-state index in [2.05, 4.69) is 227 Å². The first-order valence-electron chi connectivity index (χ1n) is 25.0. The zero-order valence-electron chi connectivity index (χ0n) is 41.7. The monoisotopic (exact) mass is 974 g/mol. The second-order valence-corrected chi connectivity index (χ2v) is 17.9. The minimum Gasteiger partial charge on any atom is -0.495 e. The summed E-state index contributed by atoms with van der Waals surface area (Å²) in [5.74, 6) is 3.20. The lowest BCUT2D eigenvalue weighted by molar-refractivity contribution is 0.416. The highest BCUT2D eigenvalue weighted by molar-refractivity contribution is 5.87. The lowest BCUT2D eigenvalue weighted by atomic mass is 10.1. The highest BCUT2D eigenvalue weighted by atomic mass is 16.5. The Kier molecular flexibility index (Phi) is 14.0. The number of ether oxygens (including phenoxy) is 3. The van der Waals surface area contributed by atoms with Gasteiger partial charge in [0, 0.05) is 70.1 Å². The predicted molar refractivity (Wildman–Crippen MR) is 309 cm³/mol. The Labute approximate surface area is 439 Å². The van der Waals surface area contributed by atoms with E-state index in [1.807, 2.05) is 91.0 Å². The maximum Gasteiger partial charge on any atom is 0.142 e. The van der Waals surface area contributed by atoms with Crippen LogP contribution in [-0.2, 0) is 0 Å². The third kappa shape index (κ3) is 10.7. The zero-order valence-corrected chi connectivity index (χ0v) is 41.7. The average Bonchev–Trinajstić information content (AvgIpc) is 3.46. The van der Waals surface area contributed by atoms with Crippen LogP contribution in [0.5, 0.6) is 28.7 Å². The van der Waals surface area contributed by atoms with Crippen molar-refractivity contribution in [3.63, 3.8) is 0 Å². The van der Waals surface area contributed by atoms with E-state index in [1.165, 1.54) is 0 Å². The molecule has 11 rings (SSSR count). The third-order valence-corrected chi connectivity index (χ3v) is 12.8. The van der Waals surface area contributed by atoms with Crippen LogP contribution in [0.25, 0.3) is 0 Å². The van der Waals surface area contributed by atoms with Gasteiger partial charge in [0.05, 0.1) is 35.5 Å². The van der Waals surface area contributed by atoms with Gasteiger partial charge >= 0.3 is 0 Å². The van der Waals surface area contributed by atoms with Crippen molar-refractivity contribution in [1.29, 1.82) is 0 Å². The fourth-order valence-corrected chi connectivity index (χ4v) is 9.48.